The smallest absolute Gasteiger partial charge is 0.260 e. The second-order valence-corrected chi connectivity index (χ2v) is 5.31. The SMILES string of the molecule is Cc1cc(-c2cc(C(=O)Nc3ccccn3)c3nncn3c2)n[nH]1. The topological polar surface area (TPSA) is 101 Å². The molecule has 1 amide bonds. The van der Waals surface area contributed by atoms with Crippen molar-refractivity contribution in [1.82, 2.24) is 29.8 Å². The van der Waals surface area contributed by atoms with E-state index in [9.17, 15) is 4.79 Å². The summed E-state index contributed by atoms with van der Waals surface area (Å²) in [4.78, 5) is 16.8. The largest absolute Gasteiger partial charge is 0.306 e. The predicted molar refractivity (Wildman–Crippen MR) is 87.5 cm³/mol. The molecule has 0 fully saturated rings. The van der Waals surface area contributed by atoms with Gasteiger partial charge in [0.05, 0.1) is 11.3 Å². The third-order valence-corrected chi connectivity index (χ3v) is 3.54. The number of anilines is 1. The van der Waals surface area contributed by atoms with Crippen molar-refractivity contribution in [2.45, 2.75) is 6.92 Å². The highest BCUT2D eigenvalue weighted by Gasteiger charge is 2.16. The van der Waals surface area contributed by atoms with Gasteiger partial charge in [-0.15, -0.1) is 10.2 Å². The zero-order valence-corrected chi connectivity index (χ0v) is 12.8. The first-order valence-electron chi connectivity index (χ1n) is 7.29. The van der Waals surface area contributed by atoms with E-state index in [1.165, 1.54) is 0 Å². The second kappa shape index (κ2) is 5.58. The quantitative estimate of drug-likeness (QED) is 0.602. The van der Waals surface area contributed by atoms with E-state index in [0.29, 0.717) is 17.0 Å². The Morgan fingerprint density at radius 3 is 2.96 bits per heavy atom. The summed E-state index contributed by atoms with van der Waals surface area (Å²) >= 11 is 0. The molecule has 0 radical (unpaired) electrons. The van der Waals surface area contributed by atoms with Crippen molar-refractivity contribution in [1.29, 1.82) is 0 Å². The van der Waals surface area contributed by atoms with Crippen LogP contribution in [0.2, 0.25) is 0 Å². The highest BCUT2D eigenvalue weighted by Crippen LogP contribution is 2.22. The zero-order valence-electron chi connectivity index (χ0n) is 12.8. The minimum absolute atomic E-state index is 0.305. The van der Waals surface area contributed by atoms with Crippen LogP contribution in [0, 0.1) is 6.92 Å². The van der Waals surface area contributed by atoms with Crippen LogP contribution in [0.4, 0.5) is 5.82 Å². The van der Waals surface area contributed by atoms with Gasteiger partial charge in [0, 0.05) is 23.7 Å². The Bertz CT molecular complexity index is 1020. The highest BCUT2D eigenvalue weighted by atomic mass is 16.1. The molecule has 0 aliphatic heterocycles. The maximum Gasteiger partial charge on any atom is 0.260 e. The summed E-state index contributed by atoms with van der Waals surface area (Å²) in [6, 6.07) is 8.97. The molecule has 0 unspecified atom stereocenters. The monoisotopic (exact) mass is 319 g/mol. The molecule has 0 saturated carbocycles. The number of amides is 1. The number of nitrogens with zero attached hydrogens (tertiary/aromatic N) is 5. The number of aryl methyl sites for hydroxylation is 1. The molecule has 8 heteroatoms. The Balaban J connectivity index is 1.79. The van der Waals surface area contributed by atoms with Gasteiger partial charge in [0.1, 0.15) is 12.1 Å². The van der Waals surface area contributed by atoms with Crippen molar-refractivity contribution in [3.05, 3.63) is 60.3 Å². The fourth-order valence-corrected chi connectivity index (χ4v) is 2.43. The molecule has 2 N–H and O–H groups in total. The maximum atomic E-state index is 12.7. The van der Waals surface area contributed by atoms with Crippen molar-refractivity contribution in [3.63, 3.8) is 0 Å². The lowest BCUT2D eigenvalue weighted by Crippen LogP contribution is -2.14. The van der Waals surface area contributed by atoms with Gasteiger partial charge in [-0.05, 0) is 31.2 Å². The normalized spacial score (nSPS) is 10.9. The average molecular weight is 319 g/mol. The number of aromatic amines is 1. The van der Waals surface area contributed by atoms with Gasteiger partial charge in [0.25, 0.3) is 5.91 Å². The van der Waals surface area contributed by atoms with Gasteiger partial charge in [-0.3, -0.25) is 14.3 Å². The van der Waals surface area contributed by atoms with Crippen LogP contribution in [-0.4, -0.2) is 35.7 Å². The van der Waals surface area contributed by atoms with Gasteiger partial charge < -0.3 is 5.32 Å². The molecule has 0 bridgehead atoms. The van der Waals surface area contributed by atoms with Crippen LogP contribution in [0.1, 0.15) is 16.1 Å². The number of fused-ring (bicyclic) bond motifs is 1. The molecule has 8 nitrogen and oxygen atoms in total. The van der Waals surface area contributed by atoms with Gasteiger partial charge in [0.15, 0.2) is 5.65 Å². The first-order valence-corrected chi connectivity index (χ1v) is 7.29. The average Bonchev–Trinajstić information content (AvgIpc) is 3.23. The van der Waals surface area contributed by atoms with Gasteiger partial charge >= 0.3 is 0 Å². The number of carbonyl (C=O) groups is 1. The van der Waals surface area contributed by atoms with E-state index in [1.54, 1.807) is 41.2 Å². The van der Waals surface area contributed by atoms with E-state index in [1.807, 2.05) is 19.2 Å². The predicted octanol–water partition coefficient (Wildman–Crippen LogP) is 2.08. The third-order valence-electron chi connectivity index (χ3n) is 3.54. The Hall–Kier alpha value is -3.55. The number of pyridine rings is 2. The molecule has 0 atom stereocenters. The van der Waals surface area contributed by atoms with Gasteiger partial charge in [-0.25, -0.2) is 4.98 Å². The summed E-state index contributed by atoms with van der Waals surface area (Å²) in [5.74, 6) is 0.169. The Kier molecular flexibility index (Phi) is 3.27. The lowest BCUT2D eigenvalue weighted by atomic mass is 10.1. The number of H-pyrrole nitrogens is 1. The Morgan fingerprint density at radius 2 is 2.21 bits per heavy atom. The molecule has 0 aliphatic carbocycles. The van der Waals surface area contributed by atoms with Crippen molar-refractivity contribution in [2.75, 3.05) is 5.32 Å². The summed E-state index contributed by atoms with van der Waals surface area (Å²) in [7, 11) is 0. The summed E-state index contributed by atoms with van der Waals surface area (Å²) in [5.41, 5.74) is 3.34. The standard InChI is InChI=1S/C16H13N7O/c1-10-6-13(21-20-10)11-7-12(15-22-18-9-23(15)8-11)16(24)19-14-4-2-3-5-17-14/h2-9H,1H3,(H,20,21)(H,17,19,24). The van der Waals surface area contributed by atoms with Crippen LogP contribution in [-0.2, 0) is 0 Å². The number of hydrogen-bond donors (Lipinski definition) is 2. The Morgan fingerprint density at radius 1 is 1.29 bits per heavy atom. The number of aromatic nitrogens is 6. The summed E-state index contributed by atoms with van der Waals surface area (Å²) in [5, 5.41) is 17.8. The van der Waals surface area contributed by atoms with E-state index in [4.69, 9.17) is 0 Å². The molecule has 0 saturated heterocycles. The van der Waals surface area contributed by atoms with E-state index < -0.39 is 0 Å². The summed E-state index contributed by atoms with van der Waals surface area (Å²) in [6.07, 6.45) is 5.00. The lowest BCUT2D eigenvalue weighted by molar-refractivity contribution is 0.102. The van der Waals surface area contributed by atoms with Crippen LogP contribution in [0.25, 0.3) is 16.9 Å². The first kappa shape index (κ1) is 14.1. The van der Waals surface area contributed by atoms with Crippen LogP contribution in [0.15, 0.2) is 49.1 Å². The molecule has 0 aliphatic rings. The molecule has 4 aromatic heterocycles. The molecule has 0 aromatic carbocycles. The number of carbonyl (C=O) groups excluding carboxylic acids is 1. The molecule has 0 spiro atoms. The highest BCUT2D eigenvalue weighted by molar-refractivity contribution is 6.08. The molecule has 4 heterocycles. The zero-order chi connectivity index (χ0) is 16.5. The van der Waals surface area contributed by atoms with Crippen molar-refractivity contribution in [2.24, 2.45) is 0 Å². The fraction of sp³-hybridized carbons (Fsp3) is 0.0625. The molecular weight excluding hydrogens is 306 g/mol. The number of hydrogen-bond acceptors (Lipinski definition) is 5. The van der Waals surface area contributed by atoms with Crippen molar-refractivity contribution >= 4 is 17.4 Å². The fourth-order valence-electron chi connectivity index (χ4n) is 2.43. The van der Waals surface area contributed by atoms with Crippen LogP contribution in [0.3, 0.4) is 0 Å². The maximum absolute atomic E-state index is 12.7. The van der Waals surface area contributed by atoms with E-state index in [0.717, 1.165) is 17.0 Å². The minimum Gasteiger partial charge on any atom is -0.306 e. The third kappa shape index (κ3) is 2.50. The number of rotatable bonds is 3. The van der Waals surface area contributed by atoms with Crippen LogP contribution < -0.4 is 5.32 Å². The van der Waals surface area contributed by atoms with E-state index in [-0.39, 0.29) is 5.91 Å². The van der Waals surface area contributed by atoms with E-state index in [2.05, 4.69) is 30.7 Å². The summed E-state index contributed by atoms with van der Waals surface area (Å²) in [6.45, 7) is 1.92. The molecule has 118 valence electrons. The molecule has 4 rings (SSSR count). The lowest BCUT2D eigenvalue weighted by Gasteiger charge is -2.07. The van der Waals surface area contributed by atoms with Gasteiger partial charge in [-0.2, -0.15) is 5.10 Å². The van der Waals surface area contributed by atoms with Crippen LogP contribution >= 0.6 is 0 Å². The first-order chi connectivity index (χ1) is 11.7. The molecular formula is C16H13N7O. The molecule has 4 aromatic rings. The number of nitrogens with one attached hydrogen (secondary N) is 2. The minimum atomic E-state index is -0.305. The molecule has 24 heavy (non-hydrogen) atoms. The second-order valence-electron chi connectivity index (χ2n) is 5.31. The van der Waals surface area contributed by atoms with Crippen molar-refractivity contribution in [3.8, 4) is 11.3 Å². The van der Waals surface area contributed by atoms with Crippen molar-refractivity contribution < 1.29 is 4.79 Å². The van der Waals surface area contributed by atoms with Gasteiger partial charge in [-0.1, -0.05) is 6.07 Å². The van der Waals surface area contributed by atoms with Crippen LogP contribution in [0.5, 0.6) is 0 Å². The Labute approximate surface area is 136 Å². The van der Waals surface area contributed by atoms with E-state index >= 15 is 0 Å². The summed E-state index contributed by atoms with van der Waals surface area (Å²) < 4.78 is 1.70. The van der Waals surface area contributed by atoms with Gasteiger partial charge in [0.2, 0.25) is 0 Å².